The number of nitrogens with zero attached hydrogens (tertiary/aromatic N) is 2. The summed E-state index contributed by atoms with van der Waals surface area (Å²) in [5.74, 6) is -0.506. The molecule has 3 rings (SSSR count). The Morgan fingerprint density at radius 3 is 1.96 bits per heavy atom. The number of alkyl halides is 3. The Kier molecular flexibility index (Phi) is 4.97. The maximum absolute atomic E-state index is 13.3. The fraction of sp³-hybridized carbons (Fsp3) is 0.105. The van der Waals surface area contributed by atoms with Crippen molar-refractivity contribution in [2.24, 2.45) is 0 Å². The Hall–Kier alpha value is -3.22. The zero-order valence-electron chi connectivity index (χ0n) is 13.4. The first-order chi connectivity index (χ1) is 12.4. The molecule has 0 spiro atoms. The molecule has 4 nitrogen and oxygen atoms in total. The van der Waals surface area contributed by atoms with E-state index in [9.17, 15) is 18.0 Å². The highest BCUT2D eigenvalue weighted by molar-refractivity contribution is 5.94. The van der Waals surface area contributed by atoms with Gasteiger partial charge >= 0.3 is 6.18 Å². The second-order valence-corrected chi connectivity index (χ2v) is 5.52. The smallest absolute Gasteiger partial charge is 0.337 e. The minimum atomic E-state index is -4.62. The molecule has 0 aliphatic carbocycles. The van der Waals surface area contributed by atoms with Gasteiger partial charge in [-0.15, -0.1) is 0 Å². The fourth-order valence-electron chi connectivity index (χ4n) is 2.40. The molecule has 1 amide bonds. The van der Waals surface area contributed by atoms with E-state index >= 15 is 0 Å². The van der Waals surface area contributed by atoms with E-state index in [4.69, 9.17) is 0 Å². The van der Waals surface area contributed by atoms with Crippen LogP contribution in [0.1, 0.15) is 22.0 Å². The van der Waals surface area contributed by atoms with Crippen LogP contribution in [0.4, 0.5) is 13.2 Å². The van der Waals surface area contributed by atoms with Crippen LogP contribution in [0, 0.1) is 0 Å². The van der Waals surface area contributed by atoms with Crippen LogP contribution in [0.3, 0.4) is 0 Å². The number of carbonyl (C=O) groups excluding carboxylic acids is 1. The molecular formula is C19H14F3N3O. The van der Waals surface area contributed by atoms with Gasteiger partial charge in [0.1, 0.15) is 0 Å². The summed E-state index contributed by atoms with van der Waals surface area (Å²) in [6.07, 6.45) is -2.20. The molecule has 0 bridgehead atoms. The first-order valence-electron chi connectivity index (χ1n) is 7.75. The van der Waals surface area contributed by atoms with Gasteiger partial charge in [-0.25, -0.2) is 9.97 Å². The van der Waals surface area contributed by atoms with Gasteiger partial charge in [-0.1, -0.05) is 60.7 Å². The average molecular weight is 357 g/mol. The molecule has 0 saturated carbocycles. The standard InChI is InChI=1S/C19H14F3N3O/c20-19(21,22)16(13-7-3-1-4-8-13)25-18(26)15-11-23-17(24-12-15)14-9-5-2-6-10-14/h1-12,16H,(H,25,26). The van der Waals surface area contributed by atoms with E-state index in [2.05, 4.69) is 9.97 Å². The molecule has 1 aromatic heterocycles. The highest BCUT2D eigenvalue weighted by atomic mass is 19.4. The van der Waals surface area contributed by atoms with Crippen LogP contribution in [0.2, 0.25) is 0 Å². The van der Waals surface area contributed by atoms with Gasteiger partial charge in [-0.05, 0) is 5.56 Å². The summed E-state index contributed by atoms with van der Waals surface area (Å²) in [5.41, 5.74) is 0.655. The molecule has 0 saturated heterocycles. The van der Waals surface area contributed by atoms with Crippen molar-refractivity contribution < 1.29 is 18.0 Å². The van der Waals surface area contributed by atoms with Gasteiger partial charge in [0.15, 0.2) is 11.9 Å². The molecule has 0 fully saturated rings. The van der Waals surface area contributed by atoms with E-state index in [1.807, 2.05) is 23.5 Å². The van der Waals surface area contributed by atoms with Gasteiger partial charge in [0, 0.05) is 18.0 Å². The Morgan fingerprint density at radius 1 is 0.885 bits per heavy atom. The Morgan fingerprint density at radius 2 is 1.42 bits per heavy atom. The van der Waals surface area contributed by atoms with Crippen molar-refractivity contribution in [3.8, 4) is 11.4 Å². The maximum Gasteiger partial charge on any atom is 0.412 e. The van der Waals surface area contributed by atoms with Crippen LogP contribution < -0.4 is 5.32 Å². The first kappa shape index (κ1) is 17.6. The summed E-state index contributed by atoms with van der Waals surface area (Å²) < 4.78 is 40.0. The number of nitrogens with one attached hydrogen (secondary N) is 1. The Labute approximate surface area is 147 Å². The van der Waals surface area contributed by atoms with Crippen molar-refractivity contribution in [3.05, 3.63) is 84.2 Å². The number of amides is 1. The summed E-state index contributed by atoms with van der Waals surface area (Å²) in [7, 11) is 0. The molecule has 132 valence electrons. The highest BCUT2D eigenvalue weighted by Gasteiger charge is 2.41. The number of carbonyl (C=O) groups is 1. The summed E-state index contributed by atoms with van der Waals surface area (Å²) in [5, 5.41) is 2.00. The van der Waals surface area contributed by atoms with Crippen molar-refractivity contribution in [2.45, 2.75) is 12.2 Å². The number of halogens is 3. The second-order valence-electron chi connectivity index (χ2n) is 5.52. The van der Waals surface area contributed by atoms with Crippen LogP contribution in [0.15, 0.2) is 73.1 Å². The van der Waals surface area contributed by atoms with E-state index < -0.39 is 18.1 Å². The van der Waals surface area contributed by atoms with E-state index in [1.54, 1.807) is 18.2 Å². The van der Waals surface area contributed by atoms with Gasteiger partial charge in [0.25, 0.3) is 5.91 Å². The van der Waals surface area contributed by atoms with Gasteiger partial charge in [-0.2, -0.15) is 13.2 Å². The summed E-state index contributed by atoms with van der Waals surface area (Å²) in [6, 6.07) is 14.1. The van der Waals surface area contributed by atoms with E-state index in [0.717, 1.165) is 5.56 Å². The average Bonchev–Trinajstić information content (AvgIpc) is 2.66. The SMILES string of the molecule is O=C(NC(c1ccccc1)C(F)(F)F)c1cnc(-c2ccccc2)nc1. The van der Waals surface area contributed by atoms with Crippen LogP contribution in [0.25, 0.3) is 11.4 Å². The molecule has 1 atom stereocenters. The van der Waals surface area contributed by atoms with E-state index in [-0.39, 0.29) is 11.1 Å². The third kappa shape index (κ3) is 4.05. The summed E-state index contributed by atoms with van der Waals surface area (Å²) >= 11 is 0. The molecule has 0 aliphatic heterocycles. The predicted octanol–water partition coefficient (Wildman–Crippen LogP) is 4.18. The van der Waals surface area contributed by atoms with Crippen molar-refractivity contribution in [2.75, 3.05) is 0 Å². The quantitative estimate of drug-likeness (QED) is 0.762. The van der Waals surface area contributed by atoms with Crippen LogP contribution in [-0.2, 0) is 0 Å². The lowest BCUT2D eigenvalue weighted by Gasteiger charge is -2.22. The van der Waals surface area contributed by atoms with Crippen molar-refractivity contribution in [3.63, 3.8) is 0 Å². The summed E-state index contributed by atoms with van der Waals surface area (Å²) in [6.45, 7) is 0. The predicted molar refractivity (Wildman–Crippen MR) is 90.2 cm³/mol. The third-order valence-corrected chi connectivity index (χ3v) is 3.68. The number of aromatic nitrogens is 2. The van der Waals surface area contributed by atoms with E-state index in [1.165, 1.54) is 36.7 Å². The molecule has 3 aromatic rings. The number of rotatable bonds is 4. The molecule has 1 heterocycles. The van der Waals surface area contributed by atoms with Crippen LogP contribution in [0.5, 0.6) is 0 Å². The number of hydrogen-bond acceptors (Lipinski definition) is 3. The monoisotopic (exact) mass is 357 g/mol. The first-order valence-corrected chi connectivity index (χ1v) is 7.75. The van der Waals surface area contributed by atoms with Crippen LogP contribution >= 0.6 is 0 Å². The van der Waals surface area contributed by atoms with Gasteiger partial charge in [-0.3, -0.25) is 4.79 Å². The molecular weight excluding hydrogens is 343 g/mol. The minimum absolute atomic E-state index is 0.0461. The lowest BCUT2D eigenvalue weighted by molar-refractivity contribution is -0.155. The van der Waals surface area contributed by atoms with E-state index in [0.29, 0.717) is 5.82 Å². The molecule has 1 N–H and O–H groups in total. The molecule has 0 radical (unpaired) electrons. The largest absolute Gasteiger partial charge is 0.412 e. The molecule has 26 heavy (non-hydrogen) atoms. The topological polar surface area (TPSA) is 54.9 Å². The normalized spacial score (nSPS) is 12.4. The highest BCUT2D eigenvalue weighted by Crippen LogP contribution is 2.32. The third-order valence-electron chi connectivity index (χ3n) is 3.68. The molecule has 0 aliphatic rings. The molecule has 2 aromatic carbocycles. The van der Waals surface area contributed by atoms with Crippen molar-refractivity contribution in [1.29, 1.82) is 0 Å². The zero-order valence-corrected chi connectivity index (χ0v) is 13.4. The van der Waals surface area contributed by atoms with Gasteiger partial charge < -0.3 is 5.32 Å². The second kappa shape index (κ2) is 7.35. The number of hydrogen-bond donors (Lipinski definition) is 1. The van der Waals surface area contributed by atoms with Crippen molar-refractivity contribution in [1.82, 2.24) is 15.3 Å². The Bertz CT molecular complexity index is 866. The van der Waals surface area contributed by atoms with Gasteiger partial charge in [0.2, 0.25) is 0 Å². The summed E-state index contributed by atoms with van der Waals surface area (Å²) in [4.78, 5) is 20.3. The lowest BCUT2D eigenvalue weighted by Crippen LogP contribution is -2.38. The molecule has 7 heteroatoms. The van der Waals surface area contributed by atoms with Crippen molar-refractivity contribution >= 4 is 5.91 Å². The lowest BCUT2D eigenvalue weighted by atomic mass is 10.1. The Balaban J connectivity index is 1.80. The zero-order chi connectivity index (χ0) is 18.6. The minimum Gasteiger partial charge on any atom is -0.337 e. The fourth-order valence-corrected chi connectivity index (χ4v) is 2.40. The van der Waals surface area contributed by atoms with Crippen LogP contribution in [-0.4, -0.2) is 22.1 Å². The van der Waals surface area contributed by atoms with Gasteiger partial charge in [0.05, 0.1) is 5.56 Å². The maximum atomic E-state index is 13.3. The molecule has 1 unspecified atom stereocenters. The number of benzene rings is 2.